The van der Waals surface area contributed by atoms with Crippen molar-refractivity contribution in [2.45, 2.75) is 13.0 Å². The standard InChI is InChI=1S/C13H12FNO4/c1-8(9-5-3-4-6-10(9)14)18-13(16)11-7-12(17-2)15-19-11/h3-8H,1-2H3. The Morgan fingerprint density at radius 3 is 2.79 bits per heavy atom. The normalized spacial score (nSPS) is 11.9. The minimum Gasteiger partial charge on any atom is -0.479 e. The Labute approximate surface area is 108 Å². The zero-order chi connectivity index (χ0) is 13.8. The van der Waals surface area contributed by atoms with E-state index in [1.807, 2.05) is 0 Å². The Morgan fingerprint density at radius 2 is 2.16 bits per heavy atom. The zero-order valence-corrected chi connectivity index (χ0v) is 10.4. The largest absolute Gasteiger partial charge is 0.479 e. The molecule has 6 heteroatoms. The fraction of sp³-hybridized carbons (Fsp3) is 0.231. The molecule has 0 fully saturated rings. The Bertz CT molecular complexity index is 582. The van der Waals surface area contributed by atoms with Crippen molar-refractivity contribution in [3.63, 3.8) is 0 Å². The second kappa shape index (κ2) is 5.51. The van der Waals surface area contributed by atoms with Crippen molar-refractivity contribution in [3.05, 3.63) is 47.5 Å². The van der Waals surface area contributed by atoms with Gasteiger partial charge in [0.2, 0.25) is 5.76 Å². The van der Waals surface area contributed by atoms with Crippen molar-refractivity contribution < 1.29 is 23.2 Å². The lowest BCUT2D eigenvalue weighted by Gasteiger charge is -2.12. The van der Waals surface area contributed by atoms with Gasteiger partial charge in [-0.15, -0.1) is 0 Å². The Kier molecular flexibility index (Phi) is 3.79. The third-order valence-electron chi connectivity index (χ3n) is 2.53. The predicted octanol–water partition coefficient (Wildman–Crippen LogP) is 2.74. The maximum Gasteiger partial charge on any atom is 0.377 e. The molecule has 1 unspecified atom stereocenters. The molecule has 1 aromatic heterocycles. The van der Waals surface area contributed by atoms with Crippen LogP contribution in [-0.4, -0.2) is 18.2 Å². The average Bonchev–Trinajstić information content (AvgIpc) is 2.88. The van der Waals surface area contributed by atoms with Gasteiger partial charge in [-0.2, -0.15) is 0 Å². The van der Waals surface area contributed by atoms with E-state index >= 15 is 0 Å². The summed E-state index contributed by atoms with van der Waals surface area (Å²) in [5, 5.41) is 3.48. The number of carbonyl (C=O) groups excluding carboxylic acids is 1. The van der Waals surface area contributed by atoms with E-state index in [0.29, 0.717) is 5.56 Å². The highest BCUT2D eigenvalue weighted by atomic mass is 19.1. The fourth-order valence-electron chi connectivity index (χ4n) is 1.54. The predicted molar refractivity (Wildman–Crippen MR) is 63.3 cm³/mol. The number of methoxy groups -OCH3 is 1. The molecule has 0 aliphatic rings. The third-order valence-corrected chi connectivity index (χ3v) is 2.53. The number of nitrogens with zero attached hydrogens (tertiary/aromatic N) is 1. The molecule has 0 aliphatic carbocycles. The second-order valence-electron chi connectivity index (χ2n) is 3.80. The summed E-state index contributed by atoms with van der Waals surface area (Å²) in [6.07, 6.45) is -0.732. The Balaban J connectivity index is 2.08. The number of carbonyl (C=O) groups is 1. The maximum atomic E-state index is 13.5. The number of hydrogen-bond acceptors (Lipinski definition) is 5. The molecule has 0 bridgehead atoms. The van der Waals surface area contributed by atoms with Gasteiger partial charge in [0.1, 0.15) is 11.9 Å². The number of hydrogen-bond donors (Lipinski definition) is 0. The second-order valence-corrected chi connectivity index (χ2v) is 3.80. The number of halogens is 1. The summed E-state index contributed by atoms with van der Waals surface area (Å²) < 4.78 is 28.1. The molecule has 2 rings (SSSR count). The summed E-state index contributed by atoms with van der Waals surface area (Å²) in [6, 6.07) is 7.39. The highest BCUT2D eigenvalue weighted by Crippen LogP contribution is 2.22. The van der Waals surface area contributed by atoms with Crippen molar-refractivity contribution in [2.75, 3.05) is 7.11 Å². The van der Waals surface area contributed by atoms with Gasteiger partial charge in [-0.3, -0.25) is 0 Å². The first-order valence-electron chi connectivity index (χ1n) is 5.58. The summed E-state index contributed by atoms with van der Waals surface area (Å²) in [6.45, 7) is 1.57. The minimum absolute atomic E-state index is 0.0972. The summed E-state index contributed by atoms with van der Waals surface area (Å²) in [7, 11) is 1.40. The Morgan fingerprint density at radius 1 is 1.42 bits per heavy atom. The van der Waals surface area contributed by atoms with Crippen LogP contribution in [0.5, 0.6) is 5.88 Å². The van der Waals surface area contributed by atoms with Crippen molar-refractivity contribution in [2.24, 2.45) is 0 Å². The van der Waals surface area contributed by atoms with Gasteiger partial charge in [0.25, 0.3) is 5.88 Å². The van der Waals surface area contributed by atoms with E-state index in [4.69, 9.17) is 14.0 Å². The topological polar surface area (TPSA) is 61.6 Å². The molecule has 1 aromatic carbocycles. The number of rotatable bonds is 4. The van der Waals surface area contributed by atoms with Gasteiger partial charge in [0, 0.05) is 5.56 Å². The van der Waals surface area contributed by atoms with Crippen LogP contribution in [0.1, 0.15) is 29.1 Å². The number of esters is 1. The van der Waals surface area contributed by atoms with E-state index in [1.54, 1.807) is 25.1 Å². The molecule has 5 nitrogen and oxygen atoms in total. The first-order chi connectivity index (χ1) is 9.11. The zero-order valence-electron chi connectivity index (χ0n) is 10.4. The molecular weight excluding hydrogens is 253 g/mol. The summed E-state index contributed by atoms with van der Waals surface area (Å²) >= 11 is 0. The van der Waals surface area contributed by atoms with Gasteiger partial charge in [0.15, 0.2) is 0 Å². The van der Waals surface area contributed by atoms with Gasteiger partial charge in [0.05, 0.1) is 13.2 Å². The lowest BCUT2D eigenvalue weighted by molar-refractivity contribution is 0.0285. The van der Waals surface area contributed by atoms with Crippen LogP contribution in [0, 0.1) is 5.82 Å². The third kappa shape index (κ3) is 2.90. The lowest BCUT2D eigenvalue weighted by atomic mass is 10.1. The van der Waals surface area contributed by atoms with Crippen molar-refractivity contribution in [3.8, 4) is 5.88 Å². The SMILES string of the molecule is COc1cc(C(=O)OC(C)c2ccccc2F)on1. The van der Waals surface area contributed by atoms with Crippen LogP contribution in [0.2, 0.25) is 0 Å². The van der Waals surface area contributed by atoms with Crippen molar-refractivity contribution in [1.82, 2.24) is 5.16 Å². The van der Waals surface area contributed by atoms with Crippen LogP contribution in [0.3, 0.4) is 0 Å². The van der Waals surface area contributed by atoms with E-state index in [1.165, 1.54) is 19.2 Å². The van der Waals surface area contributed by atoms with Gasteiger partial charge < -0.3 is 14.0 Å². The van der Waals surface area contributed by atoms with E-state index in [-0.39, 0.29) is 11.6 Å². The Hall–Kier alpha value is -2.37. The molecular formula is C13H12FNO4. The van der Waals surface area contributed by atoms with Crippen LogP contribution in [0.15, 0.2) is 34.9 Å². The summed E-state index contributed by atoms with van der Waals surface area (Å²) in [5.41, 5.74) is 0.294. The highest BCUT2D eigenvalue weighted by Gasteiger charge is 2.20. The van der Waals surface area contributed by atoms with Crippen molar-refractivity contribution in [1.29, 1.82) is 0 Å². The van der Waals surface area contributed by atoms with Crippen LogP contribution in [-0.2, 0) is 4.74 Å². The van der Waals surface area contributed by atoms with Crippen LogP contribution in [0.25, 0.3) is 0 Å². The van der Waals surface area contributed by atoms with Crippen molar-refractivity contribution >= 4 is 5.97 Å². The minimum atomic E-state index is -0.732. The number of aromatic nitrogens is 1. The molecule has 0 N–H and O–H groups in total. The number of ether oxygens (including phenoxy) is 2. The van der Waals surface area contributed by atoms with E-state index in [2.05, 4.69) is 5.16 Å². The first kappa shape index (κ1) is 13.1. The average molecular weight is 265 g/mol. The molecule has 1 atom stereocenters. The van der Waals surface area contributed by atoms with Gasteiger partial charge in [-0.25, -0.2) is 9.18 Å². The molecule has 1 heterocycles. The molecule has 0 radical (unpaired) electrons. The summed E-state index contributed by atoms with van der Waals surface area (Å²) in [5.74, 6) is -1.09. The molecule has 0 aliphatic heterocycles. The van der Waals surface area contributed by atoms with Gasteiger partial charge in [-0.1, -0.05) is 18.2 Å². The van der Waals surface area contributed by atoms with E-state index < -0.39 is 17.9 Å². The number of benzene rings is 1. The van der Waals surface area contributed by atoms with E-state index in [0.717, 1.165) is 0 Å². The van der Waals surface area contributed by atoms with E-state index in [9.17, 15) is 9.18 Å². The molecule has 0 spiro atoms. The molecule has 0 saturated carbocycles. The van der Waals surface area contributed by atoms with Gasteiger partial charge in [-0.05, 0) is 18.1 Å². The fourth-order valence-corrected chi connectivity index (χ4v) is 1.54. The lowest BCUT2D eigenvalue weighted by Crippen LogP contribution is -2.09. The first-order valence-corrected chi connectivity index (χ1v) is 5.58. The van der Waals surface area contributed by atoms with Crippen LogP contribution in [0.4, 0.5) is 4.39 Å². The molecule has 100 valence electrons. The van der Waals surface area contributed by atoms with Crippen LogP contribution < -0.4 is 4.74 Å². The molecule has 0 amide bonds. The quantitative estimate of drug-likeness (QED) is 0.795. The smallest absolute Gasteiger partial charge is 0.377 e. The molecule has 19 heavy (non-hydrogen) atoms. The maximum absolute atomic E-state index is 13.5. The monoisotopic (exact) mass is 265 g/mol. The molecule has 0 saturated heterocycles. The highest BCUT2D eigenvalue weighted by molar-refractivity contribution is 5.86. The summed E-state index contributed by atoms with van der Waals surface area (Å²) in [4.78, 5) is 11.7. The molecule has 2 aromatic rings. The van der Waals surface area contributed by atoms with Crippen LogP contribution >= 0.6 is 0 Å². The van der Waals surface area contributed by atoms with Gasteiger partial charge >= 0.3 is 5.97 Å².